The number of nitrogens with zero attached hydrogens (tertiary/aromatic N) is 1. The molecule has 2 heterocycles. The number of aliphatic hydroxyl groups is 3. The maximum absolute atomic E-state index is 11.6. The van der Waals surface area contributed by atoms with Gasteiger partial charge in [-0.15, -0.1) is 0 Å². The van der Waals surface area contributed by atoms with E-state index in [0.717, 1.165) is 4.90 Å². The van der Waals surface area contributed by atoms with E-state index in [-0.39, 0.29) is 12.2 Å². The smallest absolute Gasteiger partial charge is 0.236 e. The molecular weight excluding hydrogens is 230 g/mol. The summed E-state index contributed by atoms with van der Waals surface area (Å²) in [7, 11) is 0. The Labute approximate surface area is 96.9 Å². The number of allylic oxidation sites excluding steroid dienone is 1. The Kier molecular flexibility index (Phi) is 3.25. The van der Waals surface area contributed by atoms with Crippen LogP contribution in [-0.2, 0) is 14.3 Å². The minimum Gasteiger partial charge on any atom is -0.394 e. The van der Waals surface area contributed by atoms with Crippen molar-refractivity contribution in [2.45, 2.75) is 31.0 Å². The van der Waals surface area contributed by atoms with E-state index >= 15 is 0 Å². The Hall–Kier alpha value is -1.28. The largest absolute Gasteiger partial charge is 0.394 e. The Morgan fingerprint density at radius 2 is 2.06 bits per heavy atom. The fraction of sp³-hybridized carbons (Fsp3) is 0.600. The Balaban J connectivity index is 2.16. The molecule has 0 bridgehead atoms. The van der Waals surface area contributed by atoms with Crippen LogP contribution in [0.4, 0.5) is 0 Å². The monoisotopic (exact) mass is 243 g/mol. The second-order valence-electron chi connectivity index (χ2n) is 3.99. The molecular formula is C10H13NO6. The number of amides is 1. The zero-order valence-electron chi connectivity index (χ0n) is 8.89. The minimum atomic E-state index is -1.31. The van der Waals surface area contributed by atoms with Gasteiger partial charge in [-0.2, -0.15) is 0 Å². The molecule has 7 nitrogen and oxygen atoms in total. The normalized spacial score (nSPS) is 37.9. The molecule has 0 aromatic heterocycles. The van der Waals surface area contributed by atoms with Gasteiger partial charge in [-0.25, -0.2) is 0 Å². The van der Waals surface area contributed by atoms with Crippen molar-refractivity contribution in [1.29, 1.82) is 0 Å². The van der Waals surface area contributed by atoms with Crippen LogP contribution in [0.1, 0.15) is 6.42 Å². The van der Waals surface area contributed by atoms with Gasteiger partial charge in [0.05, 0.1) is 13.0 Å². The van der Waals surface area contributed by atoms with Crippen molar-refractivity contribution in [2.75, 3.05) is 6.61 Å². The maximum Gasteiger partial charge on any atom is 0.236 e. The lowest BCUT2D eigenvalue weighted by molar-refractivity contribution is -0.148. The predicted molar refractivity (Wildman–Crippen MR) is 53.4 cm³/mol. The quantitative estimate of drug-likeness (QED) is 0.472. The number of ether oxygens (including phenoxy) is 1. The number of carbonyl (C=O) groups is 2. The van der Waals surface area contributed by atoms with Crippen LogP contribution in [0.3, 0.4) is 0 Å². The third kappa shape index (κ3) is 2.09. The first-order valence-electron chi connectivity index (χ1n) is 5.19. The standard InChI is InChI=1S/C10H13NO6/c12-4-6-8(15)9(16)10(17-6)11-2-1-5(13)3-7(11)14/h1-2,6,8-10,12,15-16H,3-4H2/t6-,8-,9+,10+/m0/s1. The molecule has 1 saturated heterocycles. The molecule has 2 aliphatic rings. The molecule has 3 N–H and O–H groups in total. The van der Waals surface area contributed by atoms with E-state index in [1.54, 1.807) is 0 Å². The molecule has 1 fully saturated rings. The highest BCUT2D eigenvalue weighted by molar-refractivity contribution is 6.06. The van der Waals surface area contributed by atoms with Gasteiger partial charge in [0.25, 0.3) is 0 Å². The number of carbonyl (C=O) groups excluding carboxylic acids is 2. The molecule has 2 rings (SSSR count). The molecule has 4 atom stereocenters. The summed E-state index contributed by atoms with van der Waals surface area (Å²) in [5, 5.41) is 28.1. The van der Waals surface area contributed by atoms with Gasteiger partial charge in [0.2, 0.25) is 5.91 Å². The first kappa shape index (κ1) is 12.2. The summed E-state index contributed by atoms with van der Waals surface area (Å²) in [6.07, 6.45) is -2.45. The fourth-order valence-electron chi connectivity index (χ4n) is 1.88. The summed E-state index contributed by atoms with van der Waals surface area (Å²) in [5.74, 6) is -0.828. The molecule has 17 heavy (non-hydrogen) atoms. The number of rotatable bonds is 2. The van der Waals surface area contributed by atoms with E-state index in [4.69, 9.17) is 9.84 Å². The highest BCUT2D eigenvalue weighted by Crippen LogP contribution is 2.25. The van der Waals surface area contributed by atoms with Crippen molar-refractivity contribution in [3.05, 3.63) is 12.3 Å². The lowest BCUT2D eigenvalue weighted by Crippen LogP contribution is -2.46. The molecule has 0 aromatic rings. The van der Waals surface area contributed by atoms with Crippen molar-refractivity contribution in [3.63, 3.8) is 0 Å². The molecule has 0 radical (unpaired) electrons. The van der Waals surface area contributed by atoms with Crippen LogP contribution in [0, 0.1) is 0 Å². The van der Waals surface area contributed by atoms with Gasteiger partial charge >= 0.3 is 0 Å². The minimum absolute atomic E-state index is 0.289. The molecule has 2 aliphatic heterocycles. The van der Waals surface area contributed by atoms with E-state index in [2.05, 4.69) is 0 Å². The first-order valence-corrected chi connectivity index (χ1v) is 5.19. The average Bonchev–Trinajstić information content (AvgIpc) is 2.57. The van der Waals surface area contributed by atoms with Crippen LogP contribution in [0.5, 0.6) is 0 Å². The lowest BCUT2D eigenvalue weighted by Gasteiger charge is -2.28. The zero-order chi connectivity index (χ0) is 12.6. The topological polar surface area (TPSA) is 107 Å². The van der Waals surface area contributed by atoms with Crippen molar-refractivity contribution in [2.24, 2.45) is 0 Å². The molecule has 1 amide bonds. The summed E-state index contributed by atoms with van der Waals surface area (Å²) >= 11 is 0. The molecule has 0 aromatic carbocycles. The van der Waals surface area contributed by atoms with E-state index in [0.29, 0.717) is 0 Å². The summed E-state index contributed by atoms with van der Waals surface area (Å²) in [6, 6.07) is 0. The van der Waals surface area contributed by atoms with E-state index < -0.39 is 37.1 Å². The van der Waals surface area contributed by atoms with Gasteiger partial charge in [-0.05, 0) is 6.08 Å². The van der Waals surface area contributed by atoms with Gasteiger partial charge in [-0.1, -0.05) is 0 Å². The molecule has 0 unspecified atom stereocenters. The predicted octanol–water partition coefficient (Wildman–Crippen LogP) is -2.26. The summed E-state index contributed by atoms with van der Waals surface area (Å²) < 4.78 is 5.17. The zero-order valence-corrected chi connectivity index (χ0v) is 8.89. The number of ketones is 1. The molecule has 94 valence electrons. The lowest BCUT2D eigenvalue weighted by atomic mass is 10.1. The Bertz CT molecular complexity index is 368. The maximum atomic E-state index is 11.6. The number of aliphatic hydroxyl groups excluding tert-OH is 3. The van der Waals surface area contributed by atoms with Gasteiger partial charge in [-0.3, -0.25) is 14.5 Å². The third-order valence-corrected chi connectivity index (χ3v) is 2.83. The summed E-state index contributed by atoms with van der Waals surface area (Å²) in [4.78, 5) is 23.6. The van der Waals surface area contributed by atoms with E-state index in [1.165, 1.54) is 12.3 Å². The number of hydrogen-bond donors (Lipinski definition) is 3. The van der Waals surface area contributed by atoms with E-state index in [9.17, 15) is 19.8 Å². The van der Waals surface area contributed by atoms with E-state index in [1.807, 2.05) is 0 Å². The van der Waals surface area contributed by atoms with Crippen LogP contribution in [0.15, 0.2) is 12.3 Å². The highest BCUT2D eigenvalue weighted by Gasteiger charge is 2.46. The fourth-order valence-corrected chi connectivity index (χ4v) is 1.88. The summed E-state index contributed by atoms with van der Waals surface area (Å²) in [5.41, 5.74) is 0. The van der Waals surface area contributed by atoms with Crippen molar-refractivity contribution in [3.8, 4) is 0 Å². The van der Waals surface area contributed by atoms with Crippen LogP contribution < -0.4 is 0 Å². The van der Waals surface area contributed by atoms with Crippen LogP contribution >= 0.6 is 0 Å². The average molecular weight is 243 g/mol. The first-order chi connectivity index (χ1) is 8.04. The molecule has 7 heteroatoms. The second kappa shape index (κ2) is 4.53. The van der Waals surface area contributed by atoms with Gasteiger partial charge < -0.3 is 20.1 Å². The van der Waals surface area contributed by atoms with Crippen LogP contribution in [-0.4, -0.2) is 63.1 Å². The van der Waals surface area contributed by atoms with Crippen molar-refractivity contribution < 1.29 is 29.6 Å². The molecule has 0 aliphatic carbocycles. The van der Waals surface area contributed by atoms with Crippen molar-refractivity contribution >= 4 is 11.7 Å². The van der Waals surface area contributed by atoms with Crippen LogP contribution in [0.2, 0.25) is 0 Å². The molecule has 0 saturated carbocycles. The van der Waals surface area contributed by atoms with Gasteiger partial charge in [0.1, 0.15) is 18.3 Å². The van der Waals surface area contributed by atoms with Gasteiger partial charge in [0, 0.05) is 6.20 Å². The molecule has 0 spiro atoms. The van der Waals surface area contributed by atoms with Crippen molar-refractivity contribution in [1.82, 2.24) is 4.90 Å². The Morgan fingerprint density at radius 1 is 1.35 bits per heavy atom. The number of hydrogen-bond acceptors (Lipinski definition) is 6. The summed E-state index contributed by atoms with van der Waals surface area (Å²) in [6.45, 7) is -0.459. The van der Waals surface area contributed by atoms with Crippen LogP contribution in [0.25, 0.3) is 0 Å². The third-order valence-electron chi connectivity index (χ3n) is 2.83. The highest BCUT2D eigenvalue weighted by atomic mass is 16.6. The Morgan fingerprint density at radius 3 is 2.59 bits per heavy atom. The second-order valence-corrected chi connectivity index (χ2v) is 3.99. The van der Waals surface area contributed by atoms with Gasteiger partial charge in [0.15, 0.2) is 12.0 Å². The SMILES string of the molecule is O=C1C=CN([C@@H]2O[C@@H](CO)[C@H](O)[C@H]2O)C(=O)C1.